The fraction of sp³-hybridized carbons (Fsp3) is 0.278. The summed E-state index contributed by atoms with van der Waals surface area (Å²) in [6, 6.07) is 13.6. The minimum absolute atomic E-state index is 0.00767. The lowest BCUT2D eigenvalue weighted by Crippen LogP contribution is -2.50. The van der Waals surface area contributed by atoms with Crippen LogP contribution in [0.4, 0.5) is 17.1 Å². The Bertz CT molecular complexity index is 924. The van der Waals surface area contributed by atoms with E-state index in [4.69, 9.17) is 5.14 Å². The molecule has 0 unspecified atom stereocenters. The number of para-hydroxylation sites is 2. The summed E-state index contributed by atoms with van der Waals surface area (Å²) in [7, 11) is -3.75. The smallest absolute Gasteiger partial charge is 0.243 e. The maximum absolute atomic E-state index is 12.5. The SMILES string of the molecule is CC1(C)CN(CC(=O)Nc2ccc(S(N)(=O)=O)cc2)c2ccccc2N1. The molecule has 0 spiro atoms. The molecule has 2 aromatic rings. The van der Waals surface area contributed by atoms with Crippen LogP contribution < -0.4 is 20.7 Å². The lowest BCUT2D eigenvalue weighted by Gasteiger charge is -2.41. The van der Waals surface area contributed by atoms with E-state index in [1.54, 1.807) is 0 Å². The molecule has 0 saturated carbocycles. The van der Waals surface area contributed by atoms with Crippen molar-refractivity contribution in [2.45, 2.75) is 24.3 Å². The van der Waals surface area contributed by atoms with Crippen LogP contribution >= 0.6 is 0 Å². The number of benzene rings is 2. The predicted molar refractivity (Wildman–Crippen MR) is 103 cm³/mol. The van der Waals surface area contributed by atoms with E-state index in [0.717, 1.165) is 11.4 Å². The largest absolute Gasteiger partial charge is 0.377 e. The second-order valence-corrected chi connectivity index (χ2v) is 8.56. The van der Waals surface area contributed by atoms with E-state index >= 15 is 0 Å². The van der Waals surface area contributed by atoms with E-state index in [2.05, 4.69) is 24.5 Å². The molecule has 0 fully saturated rings. The van der Waals surface area contributed by atoms with Crippen molar-refractivity contribution in [3.63, 3.8) is 0 Å². The Balaban J connectivity index is 1.72. The first-order valence-corrected chi connectivity index (χ1v) is 9.74. The summed E-state index contributed by atoms with van der Waals surface area (Å²) in [5, 5.41) is 11.3. The highest BCUT2D eigenvalue weighted by molar-refractivity contribution is 7.89. The van der Waals surface area contributed by atoms with Crippen LogP contribution in [0.15, 0.2) is 53.4 Å². The average Bonchev–Trinajstić information content (AvgIpc) is 2.53. The first-order chi connectivity index (χ1) is 12.1. The standard InChI is InChI=1S/C18H22N4O3S/c1-18(2)12-22(16-6-4-3-5-15(16)21-18)11-17(23)20-13-7-9-14(10-8-13)26(19,24)25/h3-10,21H,11-12H2,1-2H3,(H,20,23)(H2,19,24,25). The van der Waals surface area contributed by atoms with Crippen LogP contribution in [0.25, 0.3) is 0 Å². The molecule has 7 nitrogen and oxygen atoms in total. The Morgan fingerprint density at radius 2 is 1.85 bits per heavy atom. The number of fused-ring (bicyclic) bond motifs is 1. The number of anilines is 3. The number of nitrogens with one attached hydrogen (secondary N) is 2. The van der Waals surface area contributed by atoms with Gasteiger partial charge < -0.3 is 15.5 Å². The molecule has 0 saturated heterocycles. The van der Waals surface area contributed by atoms with Gasteiger partial charge in [0.25, 0.3) is 0 Å². The maximum Gasteiger partial charge on any atom is 0.243 e. The summed E-state index contributed by atoms with van der Waals surface area (Å²) in [6.07, 6.45) is 0. The molecule has 1 aliphatic heterocycles. The number of carbonyl (C=O) groups excluding carboxylic acids is 1. The minimum Gasteiger partial charge on any atom is -0.377 e. The van der Waals surface area contributed by atoms with E-state index in [9.17, 15) is 13.2 Å². The molecule has 0 bridgehead atoms. The Morgan fingerprint density at radius 3 is 2.50 bits per heavy atom. The number of carbonyl (C=O) groups is 1. The Morgan fingerprint density at radius 1 is 1.19 bits per heavy atom. The predicted octanol–water partition coefficient (Wildman–Crippen LogP) is 1.98. The third-order valence-electron chi connectivity index (χ3n) is 4.11. The van der Waals surface area contributed by atoms with Gasteiger partial charge in [0.2, 0.25) is 15.9 Å². The van der Waals surface area contributed by atoms with Gasteiger partial charge in [-0.2, -0.15) is 0 Å². The van der Waals surface area contributed by atoms with Crippen LogP contribution in [0.3, 0.4) is 0 Å². The highest BCUT2D eigenvalue weighted by atomic mass is 32.2. The molecule has 3 rings (SSSR count). The third-order valence-corrected chi connectivity index (χ3v) is 5.03. The molecule has 0 aromatic heterocycles. The summed E-state index contributed by atoms with van der Waals surface area (Å²) < 4.78 is 22.6. The van der Waals surface area contributed by atoms with E-state index < -0.39 is 10.0 Å². The molecule has 1 aliphatic rings. The van der Waals surface area contributed by atoms with Crippen LogP contribution in [0, 0.1) is 0 Å². The number of sulfonamides is 1. The van der Waals surface area contributed by atoms with Crippen molar-refractivity contribution in [2.24, 2.45) is 5.14 Å². The van der Waals surface area contributed by atoms with Gasteiger partial charge in [-0.25, -0.2) is 13.6 Å². The lowest BCUT2D eigenvalue weighted by molar-refractivity contribution is -0.115. The van der Waals surface area contributed by atoms with Crippen molar-refractivity contribution in [2.75, 3.05) is 28.6 Å². The van der Waals surface area contributed by atoms with E-state index in [1.807, 2.05) is 29.2 Å². The lowest BCUT2D eigenvalue weighted by atomic mass is 9.99. The number of primary sulfonamides is 1. The third kappa shape index (κ3) is 4.14. The maximum atomic E-state index is 12.5. The molecule has 26 heavy (non-hydrogen) atoms. The van der Waals surface area contributed by atoms with Crippen molar-refractivity contribution in [1.82, 2.24) is 0 Å². The van der Waals surface area contributed by atoms with Gasteiger partial charge in [-0.05, 0) is 50.2 Å². The number of nitrogens with zero attached hydrogens (tertiary/aromatic N) is 1. The monoisotopic (exact) mass is 374 g/mol. The molecule has 2 aromatic carbocycles. The van der Waals surface area contributed by atoms with Crippen LogP contribution in [0.1, 0.15) is 13.8 Å². The zero-order chi connectivity index (χ0) is 18.9. The molecular formula is C18H22N4O3S. The number of nitrogens with two attached hydrogens (primary N) is 1. The summed E-state index contributed by atoms with van der Waals surface area (Å²) in [5.41, 5.74) is 2.33. The molecule has 4 N–H and O–H groups in total. The van der Waals surface area contributed by atoms with E-state index in [0.29, 0.717) is 12.2 Å². The Hall–Kier alpha value is -2.58. The molecule has 0 aliphatic carbocycles. The fourth-order valence-electron chi connectivity index (χ4n) is 3.06. The summed E-state index contributed by atoms with van der Waals surface area (Å²) >= 11 is 0. The van der Waals surface area contributed by atoms with Crippen LogP contribution in [-0.2, 0) is 14.8 Å². The van der Waals surface area contributed by atoms with Crippen molar-refractivity contribution in [3.05, 3.63) is 48.5 Å². The first kappa shape index (κ1) is 18.2. The molecule has 1 heterocycles. The highest BCUT2D eigenvalue weighted by Gasteiger charge is 2.30. The summed E-state index contributed by atoms with van der Waals surface area (Å²) in [6.45, 7) is 5.04. The summed E-state index contributed by atoms with van der Waals surface area (Å²) in [5.74, 6) is -0.180. The van der Waals surface area contributed by atoms with Gasteiger partial charge in [-0.15, -0.1) is 0 Å². The van der Waals surface area contributed by atoms with Gasteiger partial charge in [0, 0.05) is 17.8 Å². The number of amides is 1. The van der Waals surface area contributed by atoms with Crippen molar-refractivity contribution >= 4 is 33.0 Å². The highest BCUT2D eigenvalue weighted by Crippen LogP contribution is 2.33. The van der Waals surface area contributed by atoms with Crippen LogP contribution in [0.2, 0.25) is 0 Å². The zero-order valence-corrected chi connectivity index (χ0v) is 15.5. The van der Waals surface area contributed by atoms with Gasteiger partial charge in [0.1, 0.15) is 0 Å². The van der Waals surface area contributed by atoms with E-state index in [1.165, 1.54) is 24.3 Å². The normalized spacial score (nSPS) is 15.7. The summed E-state index contributed by atoms with van der Waals surface area (Å²) in [4.78, 5) is 14.5. The van der Waals surface area contributed by atoms with Crippen molar-refractivity contribution < 1.29 is 13.2 Å². The van der Waals surface area contributed by atoms with Gasteiger partial charge in [-0.1, -0.05) is 12.1 Å². The van der Waals surface area contributed by atoms with Crippen molar-refractivity contribution in [3.8, 4) is 0 Å². The van der Waals surface area contributed by atoms with Gasteiger partial charge in [0.15, 0.2) is 0 Å². The number of hydrogen-bond acceptors (Lipinski definition) is 5. The molecule has 1 amide bonds. The van der Waals surface area contributed by atoms with Crippen LogP contribution in [-0.4, -0.2) is 33.0 Å². The molecule has 0 radical (unpaired) electrons. The Kier molecular flexibility index (Phi) is 4.64. The molecular weight excluding hydrogens is 352 g/mol. The number of hydrogen-bond donors (Lipinski definition) is 3. The first-order valence-electron chi connectivity index (χ1n) is 8.19. The molecule has 0 atom stereocenters. The van der Waals surface area contributed by atoms with E-state index in [-0.39, 0.29) is 22.9 Å². The van der Waals surface area contributed by atoms with Gasteiger partial charge in [-0.3, -0.25) is 4.79 Å². The minimum atomic E-state index is -3.75. The van der Waals surface area contributed by atoms with Crippen molar-refractivity contribution in [1.29, 1.82) is 0 Å². The molecule has 8 heteroatoms. The van der Waals surface area contributed by atoms with Crippen LogP contribution in [0.5, 0.6) is 0 Å². The zero-order valence-electron chi connectivity index (χ0n) is 14.7. The quantitative estimate of drug-likeness (QED) is 0.759. The second-order valence-electron chi connectivity index (χ2n) is 7.00. The van der Waals surface area contributed by atoms with Gasteiger partial charge >= 0.3 is 0 Å². The topological polar surface area (TPSA) is 105 Å². The molecule has 138 valence electrons. The average molecular weight is 374 g/mol. The number of rotatable bonds is 4. The Labute approximate surface area is 153 Å². The van der Waals surface area contributed by atoms with Gasteiger partial charge in [0.05, 0.1) is 22.8 Å². The fourth-order valence-corrected chi connectivity index (χ4v) is 3.58. The second kappa shape index (κ2) is 6.62.